The highest BCUT2D eigenvalue weighted by atomic mass is 35.5. The van der Waals surface area contributed by atoms with Gasteiger partial charge in [0.2, 0.25) is 0 Å². The Labute approximate surface area is 200 Å². The number of benzene rings is 3. The van der Waals surface area contributed by atoms with Gasteiger partial charge in [0.25, 0.3) is 11.8 Å². The number of imide groups is 1. The van der Waals surface area contributed by atoms with E-state index in [1.165, 1.54) is 6.07 Å². The van der Waals surface area contributed by atoms with Gasteiger partial charge in [0.1, 0.15) is 16.5 Å². The monoisotopic (exact) mass is 480 g/mol. The predicted octanol–water partition coefficient (Wildman–Crippen LogP) is 5.56. The fraction of sp³-hybridized carbons (Fsp3) is 0.0800. The number of nitrogens with one attached hydrogen (secondary N) is 1. The van der Waals surface area contributed by atoms with E-state index in [4.69, 9.17) is 27.9 Å². The fourth-order valence-corrected chi connectivity index (χ4v) is 3.65. The van der Waals surface area contributed by atoms with Crippen LogP contribution in [-0.4, -0.2) is 17.8 Å². The third kappa shape index (κ3) is 4.77. The summed E-state index contributed by atoms with van der Waals surface area (Å²) < 4.78 is 5.39. The Morgan fingerprint density at radius 2 is 1.64 bits per heavy atom. The first-order valence-corrected chi connectivity index (χ1v) is 10.9. The fourth-order valence-electron chi connectivity index (χ4n) is 3.25. The van der Waals surface area contributed by atoms with Crippen molar-refractivity contribution < 1.29 is 19.1 Å². The van der Waals surface area contributed by atoms with Crippen LogP contribution in [0.2, 0.25) is 5.02 Å². The van der Waals surface area contributed by atoms with Crippen LogP contribution in [0, 0.1) is 0 Å². The van der Waals surface area contributed by atoms with E-state index in [9.17, 15) is 14.4 Å². The smallest absolute Gasteiger partial charge is 0.343 e. The quantitative estimate of drug-likeness (QED) is 0.284. The van der Waals surface area contributed by atoms with Crippen molar-refractivity contribution in [2.75, 3.05) is 10.2 Å². The molecule has 3 aromatic rings. The number of rotatable bonds is 6. The summed E-state index contributed by atoms with van der Waals surface area (Å²) in [5, 5.41) is 3.01. The highest BCUT2D eigenvalue weighted by Crippen LogP contribution is 2.31. The van der Waals surface area contributed by atoms with Crippen LogP contribution in [-0.2, 0) is 16.0 Å². The van der Waals surface area contributed by atoms with E-state index >= 15 is 0 Å². The lowest BCUT2D eigenvalue weighted by molar-refractivity contribution is -0.120. The van der Waals surface area contributed by atoms with E-state index in [1.54, 1.807) is 54.6 Å². The van der Waals surface area contributed by atoms with Gasteiger partial charge in [-0.3, -0.25) is 9.59 Å². The lowest BCUT2D eigenvalue weighted by Crippen LogP contribution is -2.32. The number of hydrogen-bond donors (Lipinski definition) is 1. The molecule has 0 bridgehead atoms. The highest BCUT2D eigenvalue weighted by molar-refractivity contribution is 6.53. The van der Waals surface area contributed by atoms with Crippen LogP contribution in [0.1, 0.15) is 22.8 Å². The molecule has 1 N–H and O–H groups in total. The van der Waals surface area contributed by atoms with Gasteiger partial charge in [-0.1, -0.05) is 48.3 Å². The molecule has 0 saturated heterocycles. The summed E-state index contributed by atoms with van der Waals surface area (Å²) in [4.78, 5) is 38.8. The molecule has 0 radical (unpaired) electrons. The summed E-state index contributed by atoms with van der Waals surface area (Å²) in [5.74, 6) is -1.32. The van der Waals surface area contributed by atoms with Crippen LogP contribution >= 0.6 is 23.2 Å². The second-order valence-electron chi connectivity index (χ2n) is 7.20. The zero-order valence-corrected chi connectivity index (χ0v) is 19.0. The van der Waals surface area contributed by atoms with Gasteiger partial charge in [0.15, 0.2) is 0 Å². The van der Waals surface area contributed by atoms with Gasteiger partial charge in [-0.15, -0.1) is 0 Å². The Bertz CT molecular complexity index is 1270. The predicted molar refractivity (Wildman–Crippen MR) is 128 cm³/mol. The van der Waals surface area contributed by atoms with E-state index in [0.29, 0.717) is 27.7 Å². The van der Waals surface area contributed by atoms with Crippen molar-refractivity contribution in [2.45, 2.75) is 13.3 Å². The third-order valence-electron chi connectivity index (χ3n) is 5.03. The van der Waals surface area contributed by atoms with Crippen LogP contribution in [0.5, 0.6) is 5.75 Å². The Morgan fingerprint density at radius 1 is 0.939 bits per heavy atom. The lowest BCUT2D eigenvalue weighted by atomic mass is 10.1. The first-order valence-electron chi connectivity index (χ1n) is 10.1. The van der Waals surface area contributed by atoms with Crippen molar-refractivity contribution >= 4 is 52.4 Å². The molecule has 0 saturated carbocycles. The Hall–Kier alpha value is -3.61. The summed E-state index contributed by atoms with van der Waals surface area (Å²) >= 11 is 12.1. The van der Waals surface area contributed by atoms with Crippen molar-refractivity contribution in [3.63, 3.8) is 0 Å². The number of ether oxygens (including phenoxy) is 1. The van der Waals surface area contributed by atoms with Crippen LogP contribution in [0.25, 0.3) is 0 Å². The molecule has 33 heavy (non-hydrogen) atoms. The topological polar surface area (TPSA) is 75.7 Å². The SMILES string of the molecule is CCc1ccc(OC(=O)c2ccc(NC3=C(Cl)C(=O)N(c4cccc(Cl)c4)C3=O)cc2)cc1. The standard InChI is InChI=1S/C25H18Cl2N2O4/c1-2-15-6-12-20(13-7-15)33-25(32)16-8-10-18(11-9-16)28-22-21(27)23(30)29(24(22)31)19-5-3-4-17(26)14-19/h3-14,28H,2H2,1H3. The minimum absolute atomic E-state index is 0.0621. The number of hydrogen-bond acceptors (Lipinski definition) is 5. The van der Waals surface area contributed by atoms with Gasteiger partial charge in [-0.05, 0) is 66.6 Å². The molecule has 6 nitrogen and oxygen atoms in total. The molecular weight excluding hydrogens is 463 g/mol. The lowest BCUT2D eigenvalue weighted by Gasteiger charge is -2.15. The minimum atomic E-state index is -0.652. The molecule has 0 atom stereocenters. The van der Waals surface area contributed by atoms with Crippen LogP contribution in [0.4, 0.5) is 11.4 Å². The van der Waals surface area contributed by atoms with E-state index < -0.39 is 17.8 Å². The maximum atomic E-state index is 12.8. The molecular formula is C25H18Cl2N2O4. The molecule has 1 aliphatic heterocycles. The first kappa shape index (κ1) is 22.6. The molecule has 8 heteroatoms. The maximum absolute atomic E-state index is 12.8. The van der Waals surface area contributed by atoms with E-state index in [1.807, 2.05) is 19.1 Å². The summed E-state index contributed by atoms with van der Waals surface area (Å²) in [7, 11) is 0. The van der Waals surface area contributed by atoms with Crippen molar-refractivity contribution in [1.29, 1.82) is 0 Å². The summed E-state index contributed by atoms with van der Waals surface area (Å²) in [6.07, 6.45) is 0.897. The molecule has 0 aliphatic carbocycles. The van der Waals surface area contributed by atoms with E-state index in [2.05, 4.69) is 5.32 Å². The number of amides is 2. The molecule has 0 unspecified atom stereocenters. The molecule has 0 spiro atoms. The number of aryl methyl sites for hydroxylation is 1. The molecule has 2 amide bonds. The normalized spacial score (nSPS) is 13.5. The minimum Gasteiger partial charge on any atom is -0.423 e. The van der Waals surface area contributed by atoms with Gasteiger partial charge < -0.3 is 10.1 Å². The molecule has 0 fully saturated rings. The van der Waals surface area contributed by atoms with Crippen LogP contribution < -0.4 is 15.0 Å². The summed E-state index contributed by atoms with van der Waals surface area (Å²) in [6, 6.07) is 19.9. The average molecular weight is 481 g/mol. The third-order valence-corrected chi connectivity index (χ3v) is 5.61. The zero-order valence-electron chi connectivity index (χ0n) is 17.5. The van der Waals surface area contributed by atoms with Crippen molar-refractivity contribution in [3.05, 3.63) is 99.7 Å². The van der Waals surface area contributed by atoms with Crippen LogP contribution in [0.3, 0.4) is 0 Å². The van der Waals surface area contributed by atoms with Crippen LogP contribution in [0.15, 0.2) is 83.5 Å². The molecule has 166 valence electrons. The van der Waals surface area contributed by atoms with Crippen molar-refractivity contribution in [3.8, 4) is 5.75 Å². The summed E-state index contributed by atoms with van der Waals surface area (Å²) in [5.41, 5.74) is 2.20. The number of esters is 1. The first-order chi connectivity index (χ1) is 15.9. The Morgan fingerprint density at radius 3 is 2.27 bits per heavy atom. The van der Waals surface area contributed by atoms with Gasteiger partial charge in [0.05, 0.1) is 11.3 Å². The zero-order chi connectivity index (χ0) is 23.5. The maximum Gasteiger partial charge on any atom is 0.343 e. The molecule has 3 aromatic carbocycles. The van der Waals surface area contributed by atoms with Gasteiger partial charge >= 0.3 is 5.97 Å². The summed E-state index contributed by atoms with van der Waals surface area (Å²) in [6.45, 7) is 2.05. The van der Waals surface area contributed by atoms with Gasteiger partial charge in [-0.25, -0.2) is 9.69 Å². The Kier molecular flexibility index (Phi) is 6.49. The highest BCUT2D eigenvalue weighted by Gasteiger charge is 2.39. The number of anilines is 2. The van der Waals surface area contributed by atoms with Gasteiger partial charge in [-0.2, -0.15) is 0 Å². The molecule has 0 aromatic heterocycles. The van der Waals surface area contributed by atoms with Crippen molar-refractivity contribution in [2.24, 2.45) is 0 Å². The van der Waals surface area contributed by atoms with E-state index in [0.717, 1.165) is 16.9 Å². The average Bonchev–Trinajstić information content (AvgIpc) is 3.03. The van der Waals surface area contributed by atoms with E-state index in [-0.39, 0.29) is 10.7 Å². The van der Waals surface area contributed by atoms with Gasteiger partial charge in [0, 0.05) is 10.7 Å². The molecule has 4 rings (SSSR count). The molecule has 1 aliphatic rings. The number of carbonyl (C=O) groups excluding carboxylic acids is 3. The second kappa shape index (κ2) is 9.48. The molecule has 1 heterocycles. The number of halogens is 2. The second-order valence-corrected chi connectivity index (χ2v) is 8.02. The van der Waals surface area contributed by atoms with Crippen molar-refractivity contribution in [1.82, 2.24) is 0 Å². The number of nitrogens with zero attached hydrogens (tertiary/aromatic N) is 1. The largest absolute Gasteiger partial charge is 0.423 e. The Balaban J connectivity index is 1.46. The number of carbonyl (C=O) groups is 3.